The quantitative estimate of drug-likeness (QED) is 0.661. The number of likely N-dealkylation sites (N-methyl/N-ethyl adjacent to an activating group) is 1. The summed E-state index contributed by atoms with van der Waals surface area (Å²) in [5, 5.41) is 5.81. The summed E-state index contributed by atoms with van der Waals surface area (Å²) in [6, 6.07) is 8.21. The lowest BCUT2D eigenvalue weighted by atomic mass is 10.1. The van der Waals surface area contributed by atoms with E-state index in [1.807, 2.05) is 31.3 Å². The molecule has 2 amide bonds. The van der Waals surface area contributed by atoms with Gasteiger partial charge >= 0.3 is 0 Å². The molecule has 0 spiro atoms. The molecular formula is C16H24N3O2+. The zero-order valence-electron chi connectivity index (χ0n) is 12.7. The van der Waals surface area contributed by atoms with Crippen LogP contribution < -0.4 is 15.5 Å². The maximum absolute atomic E-state index is 12.0. The van der Waals surface area contributed by atoms with Gasteiger partial charge in [0.1, 0.15) is 0 Å². The highest BCUT2D eigenvalue weighted by molar-refractivity contribution is 5.91. The van der Waals surface area contributed by atoms with E-state index < -0.39 is 0 Å². The van der Waals surface area contributed by atoms with Crippen LogP contribution >= 0.6 is 0 Å². The first-order chi connectivity index (χ1) is 10.1. The van der Waals surface area contributed by atoms with Crippen molar-refractivity contribution in [3.8, 4) is 0 Å². The minimum absolute atomic E-state index is 0.0239. The molecule has 21 heavy (non-hydrogen) atoms. The Labute approximate surface area is 125 Å². The molecule has 3 N–H and O–H groups in total. The average Bonchev–Trinajstić information content (AvgIpc) is 3.22. The Morgan fingerprint density at radius 2 is 1.95 bits per heavy atom. The topological polar surface area (TPSA) is 62.6 Å². The smallest absolute Gasteiger partial charge is 0.279 e. The molecule has 1 unspecified atom stereocenters. The highest BCUT2D eigenvalue weighted by Gasteiger charge is 2.24. The van der Waals surface area contributed by atoms with Crippen molar-refractivity contribution in [2.45, 2.75) is 32.2 Å². The van der Waals surface area contributed by atoms with Gasteiger partial charge in [0, 0.05) is 11.7 Å². The first kappa shape index (κ1) is 15.5. The van der Waals surface area contributed by atoms with Gasteiger partial charge in [-0.1, -0.05) is 19.1 Å². The van der Waals surface area contributed by atoms with E-state index in [9.17, 15) is 9.59 Å². The van der Waals surface area contributed by atoms with E-state index in [1.165, 1.54) is 5.56 Å². The van der Waals surface area contributed by atoms with E-state index >= 15 is 0 Å². The van der Waals surface area contributed by atoms with Crippen LogP contribution in [0.2, 0.25) is 0 Å². The Bertz CT molecular complexity index is 512. The number of quaternary nitrogens is 1. The summed E-state index contributed by atoms with van der Waals surface area (Å²) in [4.78, 5) is 24.5. The summed E-state index contributed by atoms with van der Waals surface area (Å²) < 4.78 is 0. The number of anilines is 1. The van der Waals surface area contributed by atoms with Crippen molar-refractivity contribution >= 4 is 17.5 Å². The van der Waals surface area contributed by atoms with Crippen molar-refractivity contribution in [3.63, 3.8) is 0 Å². The Balaban J connectivity index is 1.75. The van der Waals surface area contributed by atoms with Gasteiger partial charge in [-0.15, -0.1) is 0 Å². The zero-order valence-corrected chi connectivity index (χ0v) is 12.7. The van der Waals surface area contributed by atoms with Crippen molar-refractivity contribution < 1.29 is 14.5 Å². The number of carbonyl (C=O) groups excluding carboxylic acids is 2. The van der Waals surface area contributed by atoms with Crippen LogP contribution in [-0.4, -0.2) is 38.0 Å². The summed E-state index contributed by atoms with van der Waals surface area (Å²) in [5.74, 6) is -0.0456. The lowest BCUT2D eigenvalue weighted by Crippen LogP contribution is -3.11. The fourth-order valence-electron chi connectivity index (χ4n) is 2.19. The van der Waals surface area contributed by atoms with E-state index in [4.69, 9.17) is 0 Å². The second-order valence-corrected chi connectivity index (χ2v) is 5.75. The molecule has 1 aromatic rings. The van der Waals surface area contributed by atoms with Crippen LogP contribution in [0.25, 0.3) is 0 Å². The average molecular weight is 290 g/mol. The largest absolute Gasteiger partial charge is 0.348 e. The molecule has 1 saturated carbocycles. The normalized spacial score (nSPS) is 15.3. The van der Waals surface area contributed by atoms with E-state index in [2.05, 4.69) is 17.6 Å². The Hall–Kier alpha value is -1.88. The van der Waals surface area contributed by atoms with Gasteiger partial charge in [-0.25, -0.2) is 0 Å². The fraction of sp³-hybridized carbons (Fsp3) is 0.500. The van der Waals surface area contributed by atoms with E-state index in [1.54, 1.807) is 0 Å². The van der Waals surface area contributed by atoms with Crippen LogP contribution in [0.15, 0.2) is 24.3 Å². The van der Waals surface area contributed by atoms with Crippen LogP contribution in [0, 0.1) is 0 Å². The maximum Gasteiger partial charge on any atom is 0.279 e. The van der Waals surface area contributed by atoms with E-state index in [0.29, 0.717) is 12.6 Å². The number of aryl methyl sites for hydroxylation is 1. The number of hydrogen-bond acceptors (Lipinski definition) is 2. The van der Waals surface area contributed by atoms with Gasteiger partial charge in [-0.3, -0.25) is 9.59 Å². The lowest BCUT2D eigenvalue weighted by molar-refractivity contribution is -0.862. The van der Waals surface area contributed by atoms with Crippen LogP contribution in [0.5, 0.6) is 0 Å². The molecule has 0 radical (unpaired) electrons. The van der Waals surface area contributed by atoms with Gasteiger partial charge in [-0.05, 0) is 37.0 Å². The van der Waals surface area contributed by atoms with Gasteiger partial charge in [0.25, 0.3) is 11.8 Å². The van der Waals surface area contributed by atoms with Crippen molar-refractivity contribution in [1.29, 1.82) is 0 Å². The molecule has 1 atom stereocenters. The summed E-state index contributed by atoms with van der Waals surface area (Å²) in [5.41, 5.74) is 2.01. The fourth-order valence-corrected chi connectivity index (χ4v) is 2.19. The summed E-state index contributed by atoms with van der Waals surface area (Å²) in [6.07, 6.45) is 3.11. The van der Waals surface area contributed by atoms with Gasteiger partial charge in [0.15, 0.2) is 13.1 Å². The molecule has 0 saturated heterocycles. The van der Waals surface area contributed by atoms with Gasteiger partial charge in [0.2, 0.25) is 0 Å². The Morgan fingerprint density at radius 3 is 2.62 bits per heavy atom. The van der Waals surface area contributed by atoms with Crippen molar-refractivity contribution in [2.24, 2.45) is 0 Å². The number of hydrogen-bond donors (Lipinski definition) is 3. The highest BCUT2D eigenvalue weighted by Crippen LogP contribution is 2.18. The number of benzene rings is 1. The summed E-state index contributed by atoms with van der Waals surface area (Å²) in [6.45, 7) is 2.70. The third kappa shape index (κ3) is 5.55. The molecule has 5 heteroatoms. The molecule has 0 bridgehead atoms. The highest BCUT2D eigenvalue weighted by atomic mass is 16.2. The van der Waals surface area contributed by atoms with Crippen LogP contribution in [-0.2, 0) is 16.0 Å². The zero-order chi connectivity index (χ0) is 15.2. The molecule has 2 rings (SSSR count). The van der Waals surface area contributed by atoms with Crippen molar-refractivity contribution in [3.05, 3.63) is 29.8 Å². The van der Waals surface area contributed by atoms with E-state index in [0.717, 1.165) is 29.8 Å². The molecule has 0 aliphatic heterocycles. The minimum Gasteiger partial charge on any atom is -0.348 e. The number of nitrogens with one attached hydrogen (secondary N) is 3. The number of amides is 2. The molecule has 114 valence electrons. The van der Waals surface area contributed by atoms with Gasteiger partial charge in [0.05, 0.1) is 7.05 Å². The van der Waals surface area contributed by atoms with Crippen LogP contribution in [0.4, 0.5) is 5.69 Å². The third-order valence-electron chi connectivity index (χ3n) is 3.49. The predicted molar refractivity (Wildman–Crippen MR) is 82.2 cm³/mol. The first-order valence-electron chi connectivity index (χ1n) is 7.56. The third-order valence-corrected chi connectivity index (χ3v) is 3.49. The summed E-state index contributed by atoms with van der Waals surface area (Å²) >= 11 is 0. The molecule has 1 aromatic carbocycles. The number of rotatable bonds is 7. The monoisotopic (exact) mass is 290 g/mol. The molecule has 1 fully saturated rings. The molecule has 0 heterocycles. The first-order valence-corrected chi connectivity index (χ1v) is 7.56. The molecule has 1 aliphatic rings. The SMILES string of the molecule is CCc1cccc(NC(=O)C[NH+](C)CC(=O)NC2CC2)c1. The molecule has 5 nitrogen and oxygen atoms in total. The second kappa shape index (κ2) is 7.22. The molecule has 0 aromatic heterocycles. The van der Waals surface area contributed by atoms with Gasteiger partial charge < -0.3 is 15.5 Å². The minimum atomic E-state index is -0.0695. The van der Waals surface area contributed by atoms with E-state index in [-0.39, 0.29) is 18.4 Å². The predicted octanol–water partition coefficient (Wildman–Crippen LogP) is -0.0192. The van der Waals surface area contributed by atoms with Crippen LogP contribution in [0.3, 0.4) is 0 Å². The maximum atomic E-state index is 12.0. The second-order valence-electron chi connectivity index (χ2n) is 5.75. The van der Waals surface area contributed by atoms with Gasteiger partial charge in [-0.2, -0.15) is 0 Å². The van der Waals surface area contributed by atoms with Crippen molar-refractivity contribution in [1.82, 2.24) is 5.32 Å². The van der Waals surface area contributed by atoms with Crippen LogP contribution in [0.1, 0.15) is 25.3 Å². The Morgan fingerprint density at radius 1 is 1.24 bits per heavy atom. The standard InChI is InChI=1S/C16H23N3O2/c1-3-12-5-4-6-14(9-12)18-16(21)11-19(2)10-15(20)17-13-7-8-13/h4-6,9,13H,3,7-8,10-11H2,1-2H3,(H,17,20)(H,18,21)/p+1. The molecular weight excluding hydrogens is 266 g/mol. The molecule has 1 aliphatic carbocycles. The Kier molecular flexibility index (Phi) is 5.33. The lowest BCUT2D eigenvalue weighted by Gasteiger charge is -2.13. The number of carbonyl (C=O) groups is 2. The summed E-state index contributed by atoms with van der Waals surface area (Å²) in [7, 11) is 1.86. The van der Waals surface area contributed by atoms with Crippen molar-refractivity contribution in [2.75, 3.05) is 25.5 Å².